The standard InChI is InChI=1S/C23H16F5N5O2S/c1-12-8-19-15(9-17(12)24)16(10-29)22(33(19)21-5-3-4-20(25)31-21)18-7-6-14(11-30-18)36(34,35)32-13(2)23(26,27)28/h3-9,11,13,32H,1-2H3. The highest BCUT2D eigenvalue weighted by Crippen LogP contribution is 2.36. The topological polar surface area (TPSA) is 101 Å². The summed E-state index contributed by atoms with van der Waals surface area (Å²) in [5.41, 5.74) is 0.610. The highest BCUT2D eigenvalue weighted by atomic mass is 32.2. The van der Waals surface area contributed by atoms with E-state index >= 15 is 0 Å². The van der Waals surface area contributed by atoms with Crippen LogP contribution in [0.25, 0.3) is 28.1 Å². The zero-order valence-corrected chi connectivity index (χ0v) is 19.4. The summed E-state index contributed by atoms with van der Waals surface area (Å²) >= 11 is 0. The number of fused-ring (bicyclic) bond motifs is 1. The number of aromatic nitrogens is 3. The number of benzene rings is 1. The lowest BCUT2D eigenvalue weighted by molar-refractivity contribution is -0.147. The average Bonchev–Trinajstić information content (AvgIpc) is 3.11. The number of hydrogen-bond donors (Lipinski definition) is 1. The predicted molar refractivity (Wildman–Crippen MR) is 120 cm³/mol. The summed E-state index contributed by atoms with van der Waals surface area (Å²) in [6.45, 7) is 2.16. The highest BCUT2D eigenvalue weighted by molar-refractivity contribution is 7.89. The third-order valence-corrected chi connectivity index (χ3v) is 6.93. The summed E-state index contributed by atoms with van der Waals surface area (Å²) in [7, 11) is -4.58. The van der Waals surface area contributed by atoms with Crippen LogP contribution in [0.5, 0.6) is 0 Å². The molecule has 0 aliphatic heterocycles. The van der Waals surface area contributed by atoms with Crippen molar-refractivity contribution >= 4 is 20.9 Å². The summed E-state index contributed by atoms with van der Waals surface area (Å²) in [5.74, 6) is -1.37. The first kappa shape index (κ1) is 25.2. The smallest absolute Gasteiger partial charge is 0.291 e. The van der Waals surface area contributed by atoms with Crippen molar-refractivity contribution in [3.63, 3.8) is 0 Å². The number of sulfonamides is 1. The van der Waals surface area contributed by atoms with Crippen LogP contribution in [0, 0.1) is 30.0 Å². The largest absolute Gasteiger partial charge is 0.404 e. The maximum atomic E-state index is 14.4. The molecule has 0 saturated carbocycles. The molecule has 0 spiro atoms. The van der Waals surface area contributed by atoms with Gasteiger partial charge in [0.25, 0.3) is 0 Å². The first-order chi connectivity index (χ1) is 16.8. The fourth-order valence-corrected chi connectivity index (χ4v) is 4.75. The van der Waals surface area contributed by atoms with Crippen molar-refractivity contribution in [1.29, 1.82) is 5.26 Å². The van der Waals surface area contributed by atoms with Gasteiger partial charge in [-0.3, -0.25) is 9.55 Å². The van der Waals surface area contributed by atoms with Gasteiger partial charge in [0, 0.05) is 11.6 Å². The van der Waals surface area contributed by atoms with E-state index < -0.39 is 38.9 Å². The van der Waals surface area contributed by atoms with Crippen molar-refractivity contribution in [3.8, 4) is 23.3 Å². The summed E-state index contributed by atoms with van der Waals surface area (Å²) in [4.78, 5) is 7.35. The lowest BCUT2D eigenvalue weighted by Crippen LogP contribution is -2.42. The van der Waals surface area contributed by atoms with Gasteiger partial charge in [-0.15, -0.1) is 0 Å². The SMILES string of the molecule is Cc1cc2c(cc1F)c(C#N)c(-c1ccc(S(=O)(=O)NC(C)C(F)(F)F)cn1)n2-c1cccc(F)n1. The quantitative estimate of drug-likeness (QED) is 0.301. The summed E-state index contributed by atoms with van der Waals surface area (Å²) in [6.07, 6.45) is -3.97. The Morgan fingerprint density at radius 1 is 1.14 bits per heavy atom. The molecule has 0 bridgehead atoms. The van der Waals surface area contributed by atoms with E-state index in [1.54, 1.807) is 0 Å². The van der Waals surface area contributed by atoms with Crippen molar-refractivity contribution in [2.75, 3.05) is 0 Å². The van der Waals surface area contributed by atoms with Gasteiger partial charge in [-0.05, 0) is 55.8 Å². The molecule has 4 rings (SSSR count). The van der Waals surface area contributed by atoms with Crippen LogP contribution in [-0.4, -0.2) is 35.2 Å². The molecule has 1 atom stereocenters. The van der Waals surface area contributed by atoms with Gasteiger partial charge in [-0.1, -0.05) is 6.07 Å². The first-order valence-electron chi connectivity index (χ1n) is 10.3. The highest BCUT2D eigenvalue weighted by Gasteiger charge is 2.39. The second-order valence-electron chi connectivity index (χ2n) is 7.87. The normalized spacial score (nSPS) is 13.1. The molecule has 0 saturated heterocycles. The van der Waals surface area contributed by atoms with Gasteiger partial charge in [-0.25, -0.2) is 17.8 Å². The number of pyridine rings is 2. The van der Waals surface area contributed by atoms with Gasteiger partial charge in [0.15, 0.2) is 0 Å². The monoisotopic (exact) mass is 521 g/mol. The molecule has 3 heterocycles. The molecule has 7 nitrogen and oxygen atoms in total. The third kappa shape index (κ3) is 4.52. The van der Waals surface area contributed by atoms with Crippen molar-refractivity contribution in [2.45, 2.75) is 31.0 Å². The Kier molecular flexibility index (Phi) is 6.27. The molecular weight excluding hydrogens is 505 g/mol. The minimum Gasteiger partial charge on any atom is -0.291 e. The van der Waals surface area contributed by atoms with E-state index in [1.165, 1.54) is 40.5 Å². The lowest BCUT2D eigenvalue weighted by atomic mass is 10.1. The first-order valence-corrected chi connectivity index (χ1v) is 11.7. The lowest BCUT2D eigenvalue weighted by Gasteiger charge is -2.17. The van der Waals surface area contributed by atoms with Crippen LogP contribution in [0.3, 0.4) is 0 Å². The number of aryl methyl sites for hydroxylation is 1. The Balaban J connectivity index is 1.92. The van der Waals surface area contributed by atoms with Crippen LogP contribution in [0.15, 0.2) is 53.6 Å². The van der Waals surface area contributed by atoms with Gasteiger partial charge in [0.1, 0.15) is 28.6 Å². The molecule has 186 valence electrons. The Bertz CT molecular complexity index is 1620. The van der Waals surface area contributed by atoms with Gasteiger partial charge >= 0.3 is 6.18 Å². The van der Waals surface area contributed by atoms with E-state index in [-0.39, 0.29) is 33.7 Å². The number of alkyl halides is 3. The fourth-order valence-electron chi connectivity index (χ4n) is 3.57. The molecule has 0 aliphatic rings. The van der Waals surface area contributed by atoms with E-state index in [1.807, 2.05) is 6.07 Å². The number of halogens is 5. The Morgan fingerprint density at radius 2 is 1.86 bits per heavy atom. The van der Waals surface area contributed by atoms with Gasteiger partial charge in [0.05, 0.1) is 22.5 Å². The van der Waals surface area contributed by atoms with Crippen LogP contribution in [0.2, 0.25) is 0 Å². The molecular formula is C23H16F5N5O2S. The van der Waals surface area contributed by atoms with Gasteiger partial charge in [0.2, 0.25) is 16.0 Å². The van der Waals surface area contributed by atoms with E-state index in [0.29, 0.717) is 12.4 Å². The van der Waals surface area contributed by atoms with Crippen LogP contribution in [0.4, 0.5) is 22.0 Å². The van der Waals surface area contributed by atoms with Crippen molar-refractivity contribution in [2.24, 2.45) is 0 Å². The Labute approximate surface area is 201 Å². The second-order valence-corrected chi connectivity index (χ2v) is 9.59. The number of nitriles is 1. The number of nitrogens with one attached hydrogen (secondary N) is 1. The molecule has 3 aromatic heterocycles. The third-order valence-electron chi connectivity index (χ3n) is 5.40. The minimum absolute atomic E-state index is 0.0229. The minimum atomic E-state index is -4.80. The zero-order chi connectivity index (χ0) is 26.4. The molecule has 0 aliphatic carbocycles. The zero-order valence-electron chi connectivity index (χ0n) is 18.6. The fraction of sp³-hybridized carbons (Fsp3) is 0.174. The number of nitrogens with zero attached hydrogens (tertiary/aromatic N) is 4. The Hall–Kier alpha value is -3.89. The molecule has 1 aromatic carbocycles. The van der Waals surface area contributed by atoms with Crippen LogP contribution >= 0.6 is 0 Å². The summed E-state index contributed by atoms with van der Waals surface area (Å²) < 4.78 is 94.5. The Morgan fingerprint density at radius 3 is 2.44 bits per heavy atom. The molecule has 36 heavy (non-hydrogen) atoms. The van der Waals surface area contributed by atoms with Crippen LogP contribution < -0.4 is 4.72 Å². The maximum Gasteiger partial charge on any atom is 0.404 e. The molecule has 0 radical (unpaired) electrons. The van der Waals surface area contributed by atoms with E-state index in [2.05, 4.69) is 9.97 Å². The molecule has 13 heteroatoms. The molecule has 4 aromatic rings. The molecule has 1 unspecified atom stereocenters. The second kappa shape index (κ2) is 8.96. The van der Waals surface area contributed by atoms with Crippen molar-refractivity contribution in [1.82, 2.24) is 19.3 Å². The number of hydrogen-bond acceptors (Lipinski definition) is 5. The average molecular weight is 521 g/mol. The molecule has 0 fully saturated rings. The molecule has 0 amide bonds. The van der Waals surface area contributed by atoms with Crippen LogP contribution in [0.1, 0.15) is 18.1 Å². The van der Waals surface area contributed by atoms with Gasteiger partial charge in [-0.2, -0.15) is 27.5 Å². The van der Waals surface area contributed by atoms with E-state index in [4.69, 9.17) is 0 Å². The van der Waals surface area contributed by atoms with Gasteiger partial charge < -0.3 is 0 Å². The van der Waals surface area contributed by atoms with Crippen molar-refractivity contribution in [3.05, 3.63) is 71.6 Å². The van der Waals surface area contributed by atoms with Crippen molar-refractivity contribution < 1.29 is 30.4 Å². The van der Waals surface area contributed by atoms with E-state index in [0.717, 1.165) is 24.4 Å². The molecule has 1 N–H and O–H groups in total. The maximum absolute atomic E-state index is 14.4. The predicted octanol–water partition coefficient (Wildman–Crippen LogP) is 4.77. The number of rotatable bonds is 5. The van der Waals surface area contributed by atoms with Crippen LogP contribution in [-0.2, 0) is 10.0 Å². The van der Waals surface area contributed by atoms with E-state index in [9.17, 15) is 35.6 Å². The summed E-state index contributed by atoms with van der Waals surface area (Å²) in [5, 5.41) is 10.1. The summed E-state index contributed by atoms with van der Waals surface area (Å²) in [6, 6.07) is 8.36.